The van der Waals surface area contributed by atoms with Gasteiger partial charge in [0.25, 0.3) is 5.91 Å². The summed E-state index contributed by atoms with van der Waals surface area (Å²) in [5, 5.41) is 13.2. The van der Waals surface area contributed by atoms with Gasteiger partial charge in [-0.2, -0.15) is 5.26 Å². The van der Waals surface area contributed by atoms with Gasteiger partial charge in [0.2, 0.25) is 0 Å². The fraction of sp³-hybridized carbons (Fsp3) is 0.250. The van der Waals surface area contributed by atoms with E-state index in [0.717, 1.165) is 30.4 Å². The fourth-order valence-corrected chi connectivity index (χ4v) is 4.96. The van der Waals surface area contributed by atoms with Crippen LogP contribution in [0, 0.1) is 17.2 Å². The molecule has 0 spiro atoms. The van der Waals surface area contributed by atoms with Crippen molar-refractivity contribution in [3.63, 3.8) is 0 Å². The number of amides is 1. The number of ether oxygens (including phenoxy) is 1. The van der Waals surface area contributed by atoms with Gasteiger partial charge in [0.15, 0.2) is 0 Å². The van der Waals surface area contributed by atoms with Crippen molar-refractivity contribution in [3.8, 4) is 11.8 Å². The maximum atomic E-state index is 12.8. The molecule has 1 N–H and O–H groups in total. The lowest BCUT2D eigenvalue weighted by atomic mass is 9.88. The van der Waals surface area contributed by atoms with E-state index in [4.69, 9.17) is 4.74 Å². The second-order valence-corrected chi connectivity index (χ2v) is 8.53. The summed E-state index contributed by atoms with van der Waals surface area (Å²) in [6.07, 6.45) is 2.98. The van der Waals surface area contributed by atoms with Crippen LogP contribution < -0.4 is 10.1 Å². The summed E-state index contributed by atoms with van der Waals surface area (Å²) < 4.78 is 5.83. The number of anilines is 1. The fourth-order valence-electron chi connectivity index (χ4n) is 3.60. The first kappa shape index (κ1) is 19.2. The van der Waals surface area contributed by atoms with Crippen LogP contribution >= 0.6 is 11.3 Å². The predicted molar refractivity (Wildman–Crippen MR) is 115 cm³/mol. The minimum atomic E-state index is -0.224. The van der Waals surface area contributed by atoms with Gasteiger partial charge in [-0.1, -0.05) is 43.3 Å². The van der Waals surface area contributed by atoms with Crippen LogP contribution in [0.5, 0.6) is 5.75 Å². The Balaban J connectivity index is 1.49. The van der Waals surface area contributed by atoms with Crippen molar-refractivity contribution in [2.45, 2.75) is 32.8 Å². The quantitative estimate of drug-likeness (QED) is 0.606. The van der Waals surface area contributed by atoms with E-state index in [1.165, 1.54) is 16.2 Å². The molecular formula is C24H22N2O2S. The molecule has 0 saturated carbocycles. The number of carbonyl (C=O) groups is 1. The molecule has 4 rings (SSSR count). The zero-order valence-corrected chi connectivity index (χ0v) is 17.1. The number of nitrogens with one attached hydrogen (secondary N) is 1. The maximum Gasteiger partial charge on any atom is 0.256 e. The first-order valence-electron chi connectivity index (χ1n) is 9.77. The number of rotatable bonds is 5. The summed E-state index contributed by atoms with van der Waals surface area (Å²) in [6.45, 7) is 2.67. The average molecular weight is 403 g/mol. The molecule has 1 atom stereocenters. The largest absolute Gasteiger partial charge is 0.489 e. The zero-order valence-electron chi connectivity index (χ0n) is 16.3. The molecular weight excluding hydrogens is 380 g/mol. The highest BCUT2D eigenvalue weighted by atomic mass is 32.1. The monoisotopic (exact) mass is 402 g/mol. The van der Waals surface area contributed by atoms with Crippen LogP contribution in [-0.2, 0) is 19.4 Å². The van der Waals surface area contributed by atoms with Crippen molar-refractivity contribution in [2.75, 3.05) is 5.32 Å². The van der Waals surface area contributed by atoms with E-state index in [1.54, 1.807) is 12.1 Å². The van der Waals surface area contributed by atoms with Crippen LogP contribution in [0.4, 0.5) is 5.00 Å². The first-order chi connectivity index (χ1) is 14.1. The summed E-state index contributed by atoms with van der Waals surface area (Å²) in [6, 6.07) is 19.3. The molecule has 1 aliphatic carbocycles. The second-order valence-electron chi connectivity index (χ2n) is 7.42. The van der Waals surface area contributed by atoms with Gasteiger partial charge in [0.05, 0.1) is 5.56 Å². The lowest BCUT2D eigenvalue weighted by Crippen LogP contribution is -2.12. The van der Waals surface area contributed by atoms with Crippen molar-refractivity contribution < 1.29 is 9.53 Å². The molecule has 0 radical (unpaired) electrons. The zero-order chi connectivity index (χ0) is 20.2. The standard InChI is InChI=1S/C24H22N2O2S/c1-16-10-11-20-21(14-25)24(29-22(20)12-16)26-23(27)18-8-5-9-19(13-18)28-15-17-6-3-2-4-7-17/h2-9,13,16H,10-12,15H2,1H3,(H,26,27)/t16-/m0/s1. The summed E-state index contributed by atoms with van der Waals surface area (Å²) >= 11 is 1.54. The summed E-state index contributed by atoms with van der Waals surface area (Å²) in [4.78, 5) is 14.0. The number of nitrogens with zero attached hydrogens (tertiary/aromatic N) is 1. The second kappa shape index (κ2) is 8.50. The van der Waals surface area contributed by atoms with Gasteiger partial charge in [-0.25, -0.2) is 0 Å². The van der Waals surface area contributed by atoms with Crippen molar-refractivity contribution in [1.82, 2.24) is 0 Å². The molecule has 0 saturated heterocycles. The van der Waals surface area contributed by atoms with Gasteiger partial charge in [0.1, 0.15) is 23.4 Å². The Bertz CT molecular complexity index is 1070. The van der Waals surface area contributed by atoms with Gasteiger partial charge >= 0.3 is 0 Å². The molecule has 29 heavy (non-hydrogen) atoms. The van der Waals surface area contributed by atoms with Crippen LogP contribution in [0.2, 0.25) is 0 Å². The van der Waals surface area contributed by atoms with E-state index in [2.05, 4.69) is 18.3 Å². The number of thiophene rings is 1. The normalized spacial score (nSPS) is 15.2. The molecule has 1 aromatic heterocycles. The number of nitriles is 1. The number of benzene rings is 2. The SMILES string of the molecule is C[C@H]1CCc2c(sc(NC(=O)c3cccc(OCc4ccccc4)c3)c2C#N)C1. The molecule has 4 nitrogen and oxygen atoms in total. The number of hydrogen-bond acceptors (Lipinski definition) is 4. The molecule has 5 heteroatoms. The van der Waals surface area contributed by atoms with Crippen LogP contribution in [0.15, 0.2) is 54.6 Å². The van der Waals surface area contributed by atoms with Gasteiger partial charge in [-0.15, -0.1) is 11.3 Å². The van der Waals surface area contributed by atoms with E-state index in [-0.39, 0.29) is 5.91 Å². The molecule has 0 unspecified atom stereocenters. The predicted octanol–water partition coefficient (Wildman–Crippen LogP) is 5.58. The third kappa shape index (κ3) is 4.33. The average Bonchev–Trinajstić information content (AvgIpc) is 3.09. The van der Waals surface area contributed by atoms with Crippen molar-refractivity contribution >= 4 is 22.2 Å². The summed E-state index contributed by atoms with van der Waals surface area (Å²) in [7, 11) is 0. The topological polar surface area (TPSA) is 62.1 Å². The highest BCUT2D eigenvalue weighted by Gasteiger charge is 2.24. The number of fused-ring (bicyclic) bond motifs is 1. The van der Waals surface area contributed by atoms with E-state index in [1.807, 2.05) is 42.5 Å². The first-order valence-corrected chi connectivity index (χ1v) is 10.6. The molecule has 1 amide bonds. The van der Waals surface area contributed by atoms with Crippen LogP contribution in [0.1, 0.15) is 45.3 Å². The maximum absolute atomic E-state index is 12.8. The highest BCUT2D eigenvalue weighted by Crippen LogP contribution is 2.39. The molecule has 0 bridgehead atoms. The molecule has 1 heterocycles. The van der Waals surface area contributed by atoms with Crippen molar-refractivity contribution in [2.24, 2.45) is 5.92 Å². The van der Waals surface area contributed by atoms with E-state index < -0.39 is 0 Å². The molecule has 1 aliphatic rings. The van der Waals surface area contributed by atoms with Crippen molar-refractivity contribution in [1.29, 1.82) is 5.26 Å². The Kier molecular flexibility index (Phi) is 5.64. The van der Waals surface area contributed by atoms with E-state index in [9.17, 15) is 10.1 Å². The third-order valence-corrected chi connectivity index (χ3v) is 6.36. The van der Waals surface area contributed by atoms with Gasteiger partial charge < -0.3 is 10.1 Å². The lowest BCUT2D eigenvalue weighted by molar-refractivity contribution is 0.102. The van der Waals surface area contributed by atoms with E-state index >= 15 is 0 Å². The smallest absolute Gasteiger partial charge is 0.256 e. The minimum absolute atomic E-state index is 0.224. The van der Waals surface area contributed by atoms with Gasteiger partial charge in [-0.05, 0) is 54.5 Å². The third-order valence-electron chi connectivity index (χ3n) is 5.20. The highest BCUT2D eigenvalue weighted by molar-refractivity contribution is 7.16. The van der Waals surface area contributed by atoms with Crippen LogP contribution in [0.25, 0.3) is 0 Å². The molecule has 0 fully saturated rings. The Morgan fingerprint density at radius 1 is 1.24 bits per heavy atom. The van der Waals surface area contributed by atoms with Gasteiger partial charge in [-0.3, -0.25) is 4.79 Å². The van der Waals surface area contributed by atoms with Crippen molar-refractivity contribution in [3.05, 3.63) is 81.7 Å². The molecule has 2 aromatic carbocycles. The molecule has 146 valence electrons. The molecule has 3 aromatic rings. The Morgan fingerprint density at radius 2 is 2.07 bits per heavy atom. The van der Waals surface area contributed by atoms with Crippen LogP contribution in [-0.4, -0.2) is 5.91 Å². The number of hydrogen-bond donors (Lipinski definition) is 1. The minimum Gasteiger partial charge on any atom is -0.489 e. The Morgan fingerprint density at radius 3 is 2.86 bits per heavy atom. The van der Waals surface area contributed by atoms with Crippen LogP contribution in [0.3, 0.4) is 0 Å². The molecule has 0 aliphatic heterocycles. The summed E-state index contributed by atoms with van der Waals surface area (Å²) in [5.41, 5.74) is 3.33. The lowest BCUT2D eigenvalue weighted by Gasteiger charge is -2.17. The van der Waals surface area contributed by atoms with E-state index in [0.29, 0.717) is 34.4 Å². The van der Waals surface area contributed by atoms with Gasteiger partial charge in [0, 0.05) is 10.4 Å². The summed E-state index contributed by atoms with van der Waals surface area (Å²) in [5.74, 6) is 1.04. The Hall–Kier alpha value is -3.10. The Labute approximate surface area is 174 Å². The number of carbonyl (C=O) groups excluding carboxylic acids is 1.